The van der Waals surface area contributed by atoms with Crippen LogP contribution >= 0.6 is 10.7 Å². The first-order chi connectivity index (χ1) is 3.92. The Morgan fingerprint density at radius 3 is 2.11 bits per heavy atom. The van der Waals surface area contributed by atoms with Gasteiger partial charge in [-0.15, -0.1) is 0 Å². The van der Waals surface area contributed by atoms with Crippen molar-refractivity contribution in [1.82, 2.24) is 0 Å². The third-order valence-electron chi connectivity index (χ3n) is 0.494. The molecule has 0 aliphatic rings. The zero-order valence-electron chi connectivity index (χ0n) is 4.24. The molecule has 0 aromatic rings. The van der Waals surface area contributed by atoms with E-state index in [0.29, 0.717) is 0 Å². The van der Waals surface area contributed by atoms with E-state index in [2.05, 4.69) is 10.7 Å². The molecule has 0 N–H and O–H groups in total. The molecule has 9 heavy (non-hydrogen) atoms. The van der Waals surface area contributed by atoms with E-state index in [0.717, 1.165) is 0 Å². The molecule has 0 bridgehead atoms. The van der Waals surface area contributed by atoms with Gasteiger partial charge in [0.1, 0.15) is 0 Å². The Labute approximate surface area is 59.9 Å². The fourth-order valence-electron chi connectivity index (χ4n) is 0.168. The quantitative estimate of drug-likeness (QED) is 0.443. The minimum atomic E-state index is -3.64. The zero-order valence-corrected chi connectivity index (χ0v) is 6.63. The largest absolute Gasteiger partial charge is 0.772 e. The Morgan fingerprint density at radius 2 is 2.00 bits per heavy atom. The average Bonchev–Trinajstić information content (AvgIpc) is 1.59. The molecule has 0 aliphatic carbocycles. The monoisotopic (exact) mass is 191 g/mol. The molecule has 0 spiro atoms. The van der Waals surface area contributed by atoms with Crippen LogP contribution in [0, 0.1) is 0 Å². The van der Waals surface area contributed by atoms with Gasteiger partial charge in [0.15, 0.2) is 0 Å². The van der Waals surface area contributed by atoms with E-state index in [1.807, 2.05) is 0 Å². The highest BCUT2D eigenvalue weighted by molar-refractivity contribution is 8.14. The summed E-state index contributed by atoms with van der Waals surface area (Å²) in [7, 11) is 1.04. The summed E-state index contributed by atoms with van der Waals surface area (Å²) in [5.74, 6) is -0.962. The van der Waals surface area contributed by atoms with Crippen LogP contribution in [0.25, 0.3) is 0 Å². The second-order valence-electron chi connectivity index (χ2n) is 1.25. The SMILES string of the molecule is O=S([O-])CCS(=O)(=O)Cl. The van der Waals surface area contributed by atoms with Crippen LogP contribution in [0.3, 0.4) is 0 Å². The van der Waals surface area contributed by atoms with Crippen LogP contribution in [0.2, 0.25) is 0 Å². The standard InChI is InChI=1S/C2H5ClO4S2/c3-9(6,7)2-1-8(4)5/h1-2H2,(H,4,5)/p-1. The smallest absolute Gasteiger partial charge is 0.233 e. The van der Waals surface area contributed by atoms with Crippen molar-refractivity contribution in [1.29, 1.82) is 0 Å². The minimum Gasteiger partial charge on any atom is -0.772 e. The van der Waals surface area contributed by atoms with Crippen molar-refractivity contribution in [3.8, 4) is 0 Å². The first-order valence-corrected chi connectivity index (χ1v) is 5.62. The molecule has 0 amide bonds. The summed E-state index contributed by atoms with van der Waals surface area (Å²) in [5, 5.41) is 0. The van der Waals surface area contributed by atoms with Crippen molar-refractivity contribution >= 4 is 30.8 Å². The van der Waals surface area contributed by atoms with Crippen LogP contribution in [-0.2, 0) is 20.1 Å². The van der Waals surface area contributed by atoms with Crippen molar-refractivity contribution in [2.75, 3.05) is 11.5 Å². The van der Waals surface area contributed by atoms with Gasteiger partial charge in [-0.3, -0.25) is 4.21 Å². The fraction of sp³-hybridized carbons (Fsp3) is 1.00. The van der Waals surface area contributed by atoms with Crippen LogP contribution in [0.15, 0.2) is 0 Å². The van der Waals surface area contributed by atoms with Crippen molar-refractivity contribution in [3.05, 3.63) is 0 Å². The van der Waals surface area contributed by atoms with E-state index >= 15 is 0 Å². The highest BCUT2D eigenvalue weighted by Gasteiger charge is 2.02. The van der Waals surface area contributed by atoms with Crippen molar-refractivity contribution in [2.24, 2.45) is 0 Å². The molecule has 0 aromatic carbocycles. The number of hydrogen-bond donors (Lipinski definition) is 0. The topological polar surface area (TPSA) is 74.3 Å². The van der Waals surface area contributed by atoms with Crippen LogP contribution < -0.4 is 0 Å². The molecular formula is C2H4ClO4S2-. The summed E-state index contributed by atoms with van der Waals surface area (Å²) >= 11 is -2.33. The van der Waals surface area contributed by atoms with Gasteiger partial charge in [0.05, 0.1) is 5.75 Å². The second-order valence-corrected chi connectivity index (χ2v) is 5.16. The van der Waals surface area contributed by atoms with Gasteiger partial charge in [0.2, 0.25) is 9.05 Å². The Hall–Kier alpha value is 0.350. The van der Waals surface area contributed by atoms with Gasteiger partial charge in [0, 0.05) is 16.4 Å². The van der Waals surface area contributed by atoms with E-state index in [4.69, 9.17) is 0 Å². The predicted octanol–water partition coefficient (Wildman–Crippen LogP) is -0.566. The molecule has 1 atom stereocenters. The highest BCUT2D eigenvalue weighted by atomic mass is 35.7. The summed E-state index contributed by atoms with van der Waals surface area (Å²) in [4.78, 5) is 0. The molecule has 0 aromatic heterocycles. The van der Waals surface area contributed by atoms with Gasteiger partial charge < -0.3 is 4.55 Å². The van der Waals surface area contributed by atoms with E-state index < -0.39 is 31.6 Å². The molecule has 7 heteroatoms. The van der Waals surface area contributed by atoms with Gasteiger partial charge in [0.25, 0.3) is 0 Å². The highest BCUT2D eigenvalue weighted by Crippen LogP contribution is 1.95. The van der Waals surface area contributed by atoms with Gasteiger partial charge in [-0.25, -0.2) is 8.42 Å². The van der Waals surface area contributed by atoms with Gasteiger partial charge in [-0.1, -0.05) is 11.1 Å². The number of rotatable bonds is 3. The lowest BCUT2D eigenvalue weighted by Crippen LogP contribution is -2.07. The van der Waals surface area contributed by atoms with Gasteiger partial charge in [-0.05, 0) is 0 Å². The normalized spacial score (nSPS) is 15.3. The molecule has 0 saturated heterocycles. The second kappa shape index (κ2) is 3.50. The van der Waals surface area contributed by atoms with Crippen LogP contribution in [0.4, 0.5) is 0 Å². The molecule has 4 nitrogen and oxygen atoms in total. The van der Waals surface area contributed by atoms with Gasteiger partial charge >= 0.3 is 0 Å². The minimum absolute atomic E-state index is 0.439. The first-order valence-electron chi connectivity index (χ1n) is 1.90. The maximum Gasteiger partial charge on any atom is 0.233 e. The lowest BCUT2D eigenvalue weighted by Gasteiger charge is -1.99. The van der Waals surface area contributed by atoms with Crippen molar-refractivity contribution in [3.63, 3.8) is 0 Å². The molecule has 0 saturated carbocycles. The molecule has 1 unspecified atom stereocenters. The van der Waals surface area contributed by atoms with E-state index in [-0.39, 0.29) is 0 Å². The maximum atomic E-state index is 10.0. The lowest BCUT2D eigenvalue weighted by molar-refractivity contribution is 0.537. The summed E-state index contributed by atoms with van der Waals surface area (Å²) < 4.78 is 39.5. The Bertz CT molecular complexity index is 195. The molecule has 0 fully saturated rings. The van der Waals surface area contributed by atoms with Gasteiger partial charge in [-0.2, -0.15) is 0 Å². The van der Waals surface area contributed by atoms with Crippen LogP contribution in [-0.4, -0.2) is 28.7 Å². The third-order valence-corrected chi connectivity index (χ3v) is 2.44. The fourth-order valence-corrected chi connectivity index (χ4v) is 2.08. The lowest BCUT2D eigenvalue weighted by atomic mass is 11.0. The number of hydrogen-bond acceptors (Lipinski definition) is 4. The summed E-state index contributed by atoms with van der Waals surface area (Å²) in [6.07, 6.45) is 0. The third kappa shape index (κ3) is 8.35. The molecular weight excluding hydrogens is 188 g/mol. The predicted molar refractivity (Wildman–Crippen MR) is 33.4 cm³/mol. The molecule has 0 rings (SSSR count). The summed E-state index contributed by atoms with van der Waals surface area (Å²) in [6.45, 7) is 0. The van der Waals surface area contributed by atoms with Crippen LogP contribution in [0.1, 0.15) is 0 Å². The van der Waals surface area contributed by atoms with E-state index in [9.17, 15) is 17.2 Å². The molecule has 0 radical (unpaired) electrons. The number of halogens is 1. The van der Waals surface area contributed by atoms with E-state index in [1.165, 1.54) is 0 Å². The van der Waals surface area contributed by atoms with Crippen LogP contribution in [0.5, 0.6) is 0 Å². The molecule has 0 heterocycles. The summed E-state index contributed by atoms with van der Waals surface area (Å²) in [6, 6.07) is 0. The first kappa shape index (κ1) is 9.35. The average molecular weight is 192 g/mol. The Balaban J connectivity index is 3.67. The molecule has 0 aliphatic heterocycles. The van der Waals surface area contributed by atoms with Crippen molar-refractivity contribution in [2.45, 2.75) is 0 Å². The summed E-state index contributed by atoms with van der Waals surface area (Å²) in [5.41, 5.74) is 0. The van der Waals surface area contributed by atoms with E-state index in [1.54, 1.807) is 0 Å². The zero-order chi connectivity index (χ0) is 7.49. The Kier molecular flexibility index (Phi) is 3.64. The molecule has 56 valence electrons. The van der Waals surface area contributed by atoms with Crippen molar-refractivity contribution < 1.29 is 17.2 Å². The Morgan fingerprint density at radius 1 is 1.56 bits per heavy atom. The maximum absolute atomic E-state index is 10.0.